The Morgan fingerprint density at radius 3 is 2.86 bits per heavy atom. The van der Waals surface area contributed by atoms with E-state index >= 15 is 0 Å². The van der Waals surface area contributed by atoms with Crippen LogP contribution in [0.15, 0.2) is 24.3 Å². The molecule has 1 aliphatic heterocycles. The van der Waals surface area contributed by atoms with Crippen molar-refractivity contribution in [2.45, 2.75) is 25.3 Å². The Morgan fingerprint density at radius 2 is 2.14 bits per heavy atom. The summed E-state index contributed by atoms with van der Waals surface area (Å²) >= 11 is 0. The van der Waals surface area contributed by atoms with Crippen LogP contribution in [-0.2, 0) is 0 Å². The van der Waals surface area contributed by atoms with Crippen molar-refractivity contribution in [2.75, 3.05) is 20.1 Å². The van der Waals surface area contributed by atoms with Crippen LogP contribution in [-0.4, -0.2) is 41.9 Å². The highest BCUT2D eigenvalue weighted by molar-refractivity contribution is 5.94. The molecule has 0 aromatic heterocycles. The molecular formula is C14H20ClN3O3. The zero-order valence-corrected chi connectivity index (χ0v) is 12.8. The molecule has 1 aliphatic rings. The number of benzene rings is 1. The first-order chi connectivity index (χ1) is 9.59. The summed E-state index contributed by atoms with van der Waals surface area (Å²) < 4.78 is 0. The topological polar surface area (TPSA) is 75.5 Å². The molecule has 7 heteroatoms. The summed E-state index contributed by atoms with van der Waals surface area (Å²) in [5.74, 6) is -0.152. The first-order valence-electron chi connectivity index (χ1n) is 6.82. The van der Waals surface area contributed by atoms with Crippen molar-refractivity contribution in [2.24, 2.45) is 0 Å². The third-order valence-corrected chi connectivity index (χ3v) is 3.72. The number of halogens is 1. The molecule has 0 radical (unpaired) electrons. The van der Waals surface area contributed by atoms with E-state index < -0.39 is 4.92 Å². The second-order valence-corrected chi connectivity index (χ2v) is 5.06. The fourth-order valence-corrected chi connectivity index (χ4v) is 2.51. The largest absolute Gasteiger partial charge is 0.339 e. The smallest absolute Gasteiger partial charge is 0.270 e. The molecule has 1 unspecified atom stereocenters. The number of hydrogen-bond donors (Lipinski definition) is 1. The van der Waals surface area contributed by atoms with Crippen LogP contribution < -0.4 is 5.32 Å². The zero-order chi connectivity index (χ0) is 14.5. The maximum absolute atomic E-state index is 12.4. The van der Waals surface area contributed by atoms with Gasteiger partial charge in [-0.3, -0.25) is 14.9 Å². The second-order valence-electron chi connectivity index (χ2n) is 5.06. The van der Waals surface area contributed by atoms with Gasteiger partial charge in [-0.15, -0.1) is 12.4 Å². The van der Waals surface area contributed by atoms with Gasteiger partial charge in [0.1, 0.15) is 0 Å². The standard InChI is InChI=1S/C14H19N3O3.ClH/c1-16(12-6-3-8-15-9-7-12)14(18)11-4-2-5-13(10-11)17(19)20;/h2,4-5,10,12,15H,3,6-9H2,1H3;1H. The highest BCUT2D eigenvalue weighted by Crippen LogP contribution is 2.18. The molecule has 116 valence electrons. The van der Waals surface area contributed by atoms with Gasteiger partial charge in [0.05, 0.1) is 4.92 Å². The van der Waals surface area contributed by atoms with Crippen molar-refractivity contribution in [3.05, 3.63) is 39.9 Å². The number of amides is 1. The summed E-state index contributed by atoms with van der Waals surface area (Å²) in [6.07, 6.45) is 2.92. The summed E-state index contributed by atoms with van der Waals surface area (Å²) in [6.45, 7) is 1.88. The second kappa shape index (κ2) is 7.95. The third kappa shape index (κ3) is 4.41. The molecule has 0 aliphatic carbocycles. The Kier molecular flexibility index (Phi) is 6.58. The van der Waals surface area contributed by atoms with Gasteiger partial charge in [0.15, 0.2) is 0 Å². The van der Waals surface area contributed by atoms with Crippen LogP contribution in [0.25, 0.3) is 0 Å². The molecular weight excluding hydrogens is 294 g/mol. The lowest BCUT2D eigenvalue weighted by Crippen LogP contribution is -2.37. The molecule has 1 atom stereocenters. The van der Waals surface area contributed by atoms with Crippen LogP contribution in [0.5, 0.6) is 0 Å². The fraction of sp³-hybridized carbons (Fsp3) is 0.500. The molecule has 1 amide bonds. The monoisotopic (exact) mass is 313 g/mol. The molecule has 1 aromatic carbocycles. The van der Waals surface area contributed by atoms with E-state index in [1.165, 1.54) is 12.1 Å². The molecule has 1 aromatic rings. The summed E-state index contributed by atoms with van der Waals surface area (Å²) in [5, 5.41) is 14.1. The third-order valence-electron chi connectivity index (χ3n) is 3.72. The number of hydrogen-bond acceptors (Lipinski definition) is 4. The Balaban J connectivity index is 0.00000220. The van der Waals surface area contributed by atoms with Crippen LogP contribution in [0.1, 0.15) is 29.6 Å². The maximum atomic E-state index is 12.4. The number of nitro benzene ring substituents is 1. The molecule has 0 spiro atoms. The van der Waals surface area contributed by atoms with Gasteiger partial charge in [0.25, 0.3) is 11.6 Å². The molecule has 0 saturated carbocycles. The van der Waals surface area contributed by atoms with Crippen molar-refractivity contribution < 1.29 is 9.72 Å². The van der Waals surface area contributed by atoms with Crippen molar-refractivity contribution in [3.63, 3.8) is 0 Å². The number of nitrogens with zero attached hydrogens (tertiary/aromatic N) is 2. The average molecular weight is 314 g/mol. The van der Waals surface area contributed by atoms with Gasteiger partial charge in [0.2, 0.25) is 0 Å². The predicted octanol–water partition coefficient (Wildman–Crippen LogP) is 2.23. The Labute approximate surface area is 130 Å². The zero-order valence-electron chi connectivity index (χ0n) is 11.9. The predicted molar refractivity (Wildman–Crippen MR) is 82.9 cm³/mol. The van der Waals surface area contributed by atoms with E-state index in [-0.39, 0.29) is 30.0 Å². The SMILES string of the molecule is CN(C(=O)c1cccc([N+](=O)[O-])c1)C1CCCNCC1.Cl. The van der Waals surface area contributed by atoms with E-state index in [1.807, 2.05) is 0 Å². The minimum Gasteiger partial charge on any atom is -0.339 e. The van der Waals surface area contributed by atoms with Crippen molar-refractivity contribution in [1.29, 1.82) is 0 Å². The van der Waals surface area contributed by atoms with E-state index in [9.17, 15) is 14.9 Å². The molecule has 1 fully saturated rings. The van der Waals surface area contributed by atoms with Gasteiger partial charge < -0.3 is 10.2 Å². The van der Waals surface area contributed by atoms with Crippen LogP contribution in [0.3, 0.4) is 0 Å². The number of nitrogens with one attached hydrogen (secondary N) is 1. The Bertz CT molecular complexity index is 502. The summed E-state index contributed by atoms with van der Waals surface area (Å²) in [7, 11) is 1.77. The Hall–Kier alpha value is -1.66. The van der Waals surface area contributed by atoms with Crippen LogP contribution in [0, 0.1) is 10.1 Å². The maximum Gasteiger partial charge on any atom is 0.270 e. The van der Waals surface area contributed by atoms with Crippen LogP contribution >= 0.6 is 12.4 Å². The quantitative estimate of drug-likeness (QED) is 0.686. The van der Waals surface area contributed by atoms with Crippen LogP contribution in [0.4, 0.5) is 5.69 Å². The van der Waals surface area contributed by atoms with E-state index in [0.29, 0.717) is 5.56 Å². The average Bonchev–Trinajstić information content (AvgIpc) is 2.75. The summed E-state index contributed by atoms with van der Waals surface area (Å²) in [5.41, 5.74) is 0.325. The molecule has 1 heterocycles. The van der Waals surface area contributed by atoms with Crippen molar-refractivity contribution >= 4 is 24.0 Å². The minimum absolute atomic E-state index is 0. The molecule has 2 rings (SSSR count). The number of rotatable bonds is 3. The lowest BCUT2D eigenvalue weighted by atomic mass is 10.1. The molecule has 0 bridgehead atoms. The minimum atomic E-state index is -0.480. The van der Waals surface area contributed by atoms with Gasteiger partial charge in [0, 0.05) is 30.8 Å². The normalized spacial score (nSPS) is 18.2. The highest BCUT2D eigenvalue weighted by atomic mass is 35.5. The molecule has 21 heavy (non-hydrogen) atoms. The van der Waals surface area contributed by atoms with Crippen molar-refractivity contribution in [1.82, 2.24) is 10.2 Å². The first kappa shape index (κ1) is 17.4. The number of carbonyl (C=O) groups excluding carboxylic acids is 1. The van der Waals surface area contributed by atoms with Gasteiger partial charge >= 0.3 is 0 Å². The lowest BCUT2D eigenvalue weighted by Gasteiger charge is -2.27. The molecule has 1 saturated heterocycles. The van der Waals surface area contributed by atoms with E-state index in [4.69, 9.17) is 0 Å². The van der Waals surface area contributed by atoms with E-state index in [1.54, 1.807) is 24.1 Å². The molecule has 6 nitrogen and oxygen atoms in total. The highest BCUT2D eigenvalue weighted by Gasteiger charge is 2.23. The lowest BCUT2D eigenvalue weighted by molar-refractivity contribution is -0.384. The number of non-ortho nitro benzene ring substituents is 1. The first-order valence-corrected chi connectivity index (χ1v) is 6.82. The molecule has 1 N–H and O–H groups in total. The fourth-order valence-electron chi connectivity index (χ4n) is 2.51. The summed E-state index contributed by atoms with van der Waals surface area (Å²) in [6, 6.07) is 6.10. The summed E-state index contributed by atoms with van der Waals surface area (Å²) in [4.78, 5) is 24.4. The van der Waals surface area contributed by atoms with Gasteiger partial charge in [-0.25, -0.2) is 0 Å². The van der Waals surface area contributed by atoms with E-state index in [0.717, 1.165) is 32.4 Å². The van der Waals surface area contributed by atoms with Gasteiger partial charge in [-0.2, -0.15) is 0 Å². The van der Waals surface area contributed by atoms with Crippen LogP contribution in [0.2, 0.25) is 0 Å². The Morgan fingerprint density at radius 1 is 1.38 bits per heavy atom. The van der Waals surface area contributed by atoms with Gasteiger partial charge in [-0.05, 0) is 38.4 Å². The number of nitro groups is 1. The van der Waals surface area contributed by atoms with Gasteiger partial charge in [-0.1, -0.05) is 6.07 Å². The van der Waals surface area contributed by atoms with E-state index in [2.05, 4.69) is 5.32 Å². The van der Waals surface area contributed by atoms with Crippen molar-refractivity contribution in [3.8, 4) is 0 Å². The number of carbonyl (C=O) groups is 1.